The van der Waals surface area contributed by atoms with Gasteiger partial charge in [0.15, 0.2) is 0 Å². The Kier molecular flexibility index (Phi) is 2.35. The fraction of sp³-hybridized carbons (Fsp3) is 0.222. The lowest BCUT2D eigenvalue weighted by Crippen LogP contribution is -2.08. The molecule has 0 aromatic carbocycles. The monoisotopic (exact) mass is 222 g/mol. The highest BCUT2D eigenvalue weighted by Gasteiger charge is 2.13. The van der Waals surface area contributed by atoms with E-state index in [1.54, 1.807) is 17.9 Å². The van der Waals surface area contributed by atoms with Crippen LogP contribution in [0.1, 0.15) is 0 Å². The van der Waals surface area contributed by atoms with Gasteiger partial charge in [-0.25, -0.2) is 9.78 Å². The molecule has 0 saturated carbocycles. The molecule has 7 nitrogen and oxygen atoms in total. The lowest BCUT2D eigenvalue weighted by molar-refractivity contribution is 0.210. The Bertz CT molecular complexity index is 549. The van der Waals surface area contributed by atoms with Crippen LogP contribution in [0, 0.1) is 0 Å². The Morgan fingerprint density at radius 3 is 2.94 bits per heavy atom. The van der Waals surface area contributed by atoms with Crippen molar-refractivity contribution in [3.63, 3.8) is 0 Å². The number of carboxylic acid groups (broad SMARTS) is 1. The van der Waals surface area contributed by atoms with Crippen molar-refractivity contribution in [1.29, 1.82) is 0 Å². The topological polar surface area (TPSA) is 89.3 Å². The van der Waals surface area contributed by atoms with Crippen LogP contribution in [0.2, 0.25) is 0 Å². The summed E-state index contributed by atoms with van der Waals surface area (Å²) in [5, 5.41) is 15.6. The number of pyridine rings is 1. The molecule has 0 radical (unpaired) electrons. The molecular formula is C9H10N4O3. The number of nitrogens with zero attached hydrogens (tertiary/aromatic N) is 3. The van der Waals surface area contributed by atoms with E-state index < -0.39 is 6.09 Å². The van der Waals surface area contributed by atoms with Gasteiger partial charge in [0, 0.05) is 7.05 Å². The van der Waals surface area contributed by atoms with Crippen molar-refractivity contribution in [1.82, 2.24) is 14.8 Å². The number of hydrogen-bond donors (Lipinski definition) is 2. The number of carbonyl (C=O) groups is 1. The highest BCUT2D eigenvalue weighted by molar-refractivity contribution is 5.99. The Labute approximate surface area is 90.7 Å². The molecular weight excluding hydrogens is 212 g/mol. The van der Waals surface area contributed by atoms with E-state index in [4.69, 9.17) is 9.84 Å². The lowest BCUT2D eigenvalue weighted by Gasteiger charge is -2.06. The first-order chi connectivity index (χ1) is 7.63. The minimum atomic E-state index is -1.14. The Balaban J connectivity index is 2.66. The van der Waals surface area contributed by atoms with Gasteiger partial charge in [0.25, 0.3) is 0 Å². The Morgan fingerprint density at radius 1 is 1.56 bits per heavy atom. The number of amides is 1. The van der Waals surface area contributed by atoms with Crippen molar-refractivity contribution in [2.24, 2.45) is 7.05 Å². The van der Waals surface area contributed by atoms with Gasteiger partial charge in [-0.15, -0.1) is 0 Å². The maximum atomic E-state index is 10.6. The number of nitrogens with one attached hydrogen (secondary N) is 1. The van der Waals surface area contributed by atoms with E-state index in [1.807, 2.05) is 0 Å². The fourth-order valence-corrected chi connectivity index (χ4v) is 1.51. The van der Waals surface area contributed by atoms with E-state index in [2.05, 4.69) is 15.4 Å². The number of anilines is 1. The van der Waals surface area contributed by atoms with Crippen molar-refractivity contribution in [3.8, 4) is 5.88 Å². The molecule has 16 heavy (non-hydrogen) atoms. The van der Waals surface area contributed by atoms with E-state index in [-0.39, 0.29) is 0 Å². The number of rotatable bonds is 2. The van der Waals surface area contributed by atoms with Gasteiger partial charge in [-0.2, -0.15) is 5.10 Å². The van der Waals surface area contributed by atoms with Gasteiger partial charge >= 0.3 is 6.09 Å². The zero-order valence-corrected chi connectivity index (χ0v) is 8.76. The second kappa shape index (κ2) is 3.69. The minimum absolute atomic E-state index is 0.386. The molecule has 0 bridgehead atoms. The SMILES string of the molecule is COc1ncc(NC(=O)O)c2cnn(C)c12. The summed E-state index contributed by atoms with van der Waals surface area (Å²) < 4.78 is 6.66. The van der Waals surface area contributed by atoms with Crippen LogP contribution in [-0.2, 0) is 7.05 Å². The molecule has 0 aliphatic carbocycles. The zero-order chi connectivity index (χ0) is 11.7. The van der Waals surface area contributed by atoms with E-state index >= 15 is 0 Å². The molecule has 0 atom stereocenters. The van der Waals surface area contributed by atoms with E-state index in [0.717, 1.165) is 0 Å². The van der Waals surface area contributed by atoms with Crippen LogP contribution in [0.15, 0.2) is 12.4 Å². The lowest BCUT2D eigenvalue weighted by atomic mass is 10.3. The predicted octanol–water partition coefficient (Wildman–Crippen LogP) is 1.07. The average Bonchev–Trinajstić information content (AvgIpc) is 2.62. The first kappa shape index (κ1) is 10.2. The molecule has 2 rings (SSSR count). The van der Waals surface area contributed by atoms with Gasteiger partial charge in [-0.05, 0) is 0 Å². The number of aryl methyl sites for hydroxylation is 1. The third kappa shape index (κ3) is 1.52. The van der Waals surface area contributed by atoms with Crippen molar-refractivity contribution in [3.05, 3.63) is 12.4 Å². The maximum Gasteiger partial charge on any atom is 0.409 e. The molecule has 0 spiro atoms. The van der Waals surface area contributed by atoms with Crippen LogP contribution in [0.3, 0.4) is 0 Å². The molecule has 0 aliphatic heterocycles. The quantitative estimate of drug-likeness (QED) is 0.793. The predicted molar refractivity (Wildman–Crippen MR) is 56.7 cm³/mol. The Morgan fingerprint density at radius 2 is 2.31 bits per heavy atom. The zero-order valence-electron chi connectivity index (χ0n) is 8.76. The second-order valence-electron chi connectivity index (χ2n) is 3.14. The van der Waals surface area contributed by atoms with Crippen molar-refractivity contribution < 1.29 is 14.6 Å². The summed E-state index contributed by atoms with van der Waals surface area (Å²) in [4.78, 5) is 14.6. The van der Waals surface area contributed by atoms with Crippen LogP contribution in [-0.4, -0.2) is 33.1 Å². The third-order valence-corrected chi connectivity index (χ3v) is 2.18. The van der Waals surface area contributed by atoms with Gasteiger partial charge in [0.2, 0.25) is 5.88 Å². The van der Waals surface area contributed by atoms with Gasteiger partial charge in [0.05, 0.1) is 30.6 Å². The first-order valence-electron chi connectivity index (χ1n) is 4.48. The van der Waals surface area contributed by atoms with Gasteiger partial charge < -0.3 is 9.84 Å². The van der Waals surface area contributed by atoms with Crippen LogP contribution >= 0.6 is 0 Å². The molecule has 7 heteroatoms. The van der Waals surface area contributed by atoms with Gasteiger partial charge in [-0.1, -0.05) is 0 Å². The largest absolute Gasteiger partial charge is 0.479 e. The van der Waals surface area contributed by atoms with Gasteiger partial charge in [0.1, 0.15) is 5.52 Å². The van der Waals surface area contributed by atoms with Crippen LogP contribution in [0.25, 0.3) is 10.9 Å². The molecule has 2 aromatic heterocycles. The number of methoxy groups -OCH3 is 1. The number of fused-ring (bicyclic) bond motifs is 1. The van der Waals surface area contributed by atoms with Crippen LogP contribution < -0.4 is 10.1 Å². The standard InChI is InChI=1S/C9H10N4O3/c1-13-7-5(3-11-13)6(12-9(14)15)4-10-8(7)16-2/h3-4,12H,1-2H3,(H,14,15). The smallest absolute Gasteiger partial charge is 0.409 e. The molecule has 1 amide bonds. The summed E-state index contributed by atoms with van der Waals surface area (Å²) in [5.74, 6) is 0.408. The van der Waals surface area contributed by atoms with Crippen molar-refractivity contribution >= 4 is 22.7 Å². The highest BCUT2D eigenvalue weighted by Crippen LogP contribution is 2.28. The first-order valence-corrected chi connectivity index (χ1v) is 4.48. The molecule has 0 saturated heterocycles. The molecule has 0 fully saturated rings. The molecule has 2 aromatic rings. The summed E-state index contributed by atoms with van der Waals surface area (Å²) in [6.07, 6.45) is 1.82. The van der Waals surface area contributed by atoms with Crippen molar-refractivity contribution in [2.45, 2.75) is 0 Å². The number of ether oxygens (including phenoxy) is 1. The van der Waals surface area contributed by atoms with Crippen molar-refractivity contribution in [2.75, 3.05) is 12.4 Å². The molecule has 2 N–H and O–H groups in total. The van der Waals surface area contributed by atoms with E-state index in [1.165, 1.54) is 13.3 Å². The van der Waals surface area contributed by atoms with E-state index in [9.17, 15) is 4.79 Å². The summed E-state index contributed by atoms with van der Waals surface area (Å²) in [5.41, 5.74) is 1.03. The summed E-state index contributed by atoms with van der Waals surface area (Å²) in [7, 11) is 3.23. The highest BCUT2D eigenvalue weighted by atomic mass is 16.5. The average molecular weight is 222 g/mol. The fourth-order valence-electron chi connectivity index (χ4n) is 1.51. The molecule has 2 heterocycles. The third-order valence-electron chi connectivity index (χ3n) is 2.18. The molecule has 0 unspecified atom stereocenters. The van der Waals surface area contributed by atoms with Gasteiger partial charge in [-0.3, -0.25) is 10.00 Å². The summed E-state index contributed by atoms with van der Waals surface area (Å²) >= 11 is 0. The Hall–Kier alpha value is -2.31. The minimum Gasteiger partial charge on any atom is -0.479 e. The molecule has 84 valence electrons. The maximum absolute atomic E-state index is 10.6. The normalized spacial score (nSPS) is 10.4. The van der Waals surface area contributed by atoms with E-state index in [0.29, 0.717) is 22.5 Å². The number of aromatic nitrogens is 3. The second-order valence-corrected chi connectivity index (χ2v) is 3.14. The summed E-state index contributed by atoms with van der Waals surface area (Å²) in [6, 6.07) is 0. The van der Waals surface area contributed by atoms with Crippen LogP contribution in [0.5, 0.6) is 5.88 Å². The molecule has 0 aliphatic rings. The van der Waals surface area contributed by atoms with Crippen LogP contribution in [0.4, 0.5) is 10.5 Å². The summed E-state index contributed by atoms with van der Waals surface area (Å²) in [6.45, 7) is 0. The number of hydrogen-bond acceptors (Lipinski definition) is 4.